The summed E-state index contributed by atoms with van der Waals surface area (Å²) in [6.07, 6.45) is 4.18. The van der Waals surface area contributed by atoms with E-state index >= 15 is 0 Å². The lowest BCUT2D eigenvalue weighted by atomic mass is 9.67. The van der Waals surface area contributed by atoms with Crippen LogP contribution >= 0.6 is 11.6 Å². The van der Waals surface area contributed by atoms with Gasteiger partial charge in [-0.25, -0.2) is 4.39 Å². The maximum atomic E-state index is 13.4. The van der Waals surface area contributed by atoms with Crippen molar-refractivity contribution in [2.45, 2.75) is 56.5 Å². The topological polar surface area (TPSA) is 51.5 Å². The molecule has 0 unspecified atom stereocenters. The highest BCUT2D eigenvalue weighted by Crippen LogP contribution is 2.44. The first kappa shape index (κ1) is 24.5. The Labute approximate surface area is 205 Å². The van der Waals surface area contributed by atoms with Gasteiger partial charge >= 0.3 is 0 Å². The van der Waals surface area contributed by atoms with Crippen molar-refractivity contribution in [2.75, 3.05) is 13.2 Å². The summed E-state index contributed by atoms with van der Waals surface area (Å²) in [5.41, 5.74) is 1.44. The van der Waals surface area contributed by atoms with Crippen molar-refractivity contribution >= 4 is 17.5 Å². The number of halogens is 2. The lowest BCUT2D eigenvalue weighted by Gasteiger charge is -2.45. The minimum atomic E-state index is -0.314. The molecule has 0 saturated carbocycles. The zero-order valence-corrected chi connectivity index (χ0v) is 20.4. The number of benzene rings is 2. The molecule has 4 nitrogen and oxygen atoms in total. The second-order valence-electron chi connectivity index (χ2n) is 9.76. The van der Waals surface area contributed by atoms with Crippen LogP contribution in [0.5, 0.6) is 0 Å². The third kappa shape index (κ3) is 5.89. The van der Waals surface area contributed by atoms with E-state index in [2.05, 4.69) is 19.2 Å². The summed E-state index contributed by atoms with van der Waals surface area (Å²) in [4.78, 5) is 13.2. The molecule has 0 aliphatic carbocycles. The van der Waals surface area contributed by atoms with E-state index in [4.69, 9.17) is 20.8 Å². The van der Waals surface area contributed by atoms with Crippen molar-refractivity contribution in [1.29, 1.82) is 0 Å². The summed E-state index contributed by atoms with van der Waals surface area (Å²) in [5, 5.41) is 3.80. The molecule has 1 saturated heterocycles. The van der Waals surface area contributed by atoms with Crippen molar-refractivity contribution in [3.63, 3.8) is 0 Å². The first-order valence-electron chi connectivity index (χ1n) is 11.7. The quantitative estimate of drug-likeness (QED) is 0.391. The first-order valence-corrected chi connectivity index (χ1v) is 12.1. The van der Waals surface area contributed by atoms with Gasteiger partial charge in [0, 0.05) is 35.9 Å². The predicted molar refractivity (Wildman–Crippen MR) is 132 cm³/mol. The lowest BCUT2D eigenvalue weighted by molar-refractivity contribution is -0.126. The van der Waals surface area contributed by atoms with Gasteiger partial charge in [-0.3, -0.25) is 4.79 Å². The largest absolute Gasteiger partial charge is 0.469 e. The van der Waals surface area contributed by atoms with Gasteiger partial charge in [-0.2, -0.15) is 0 Å². The first-order chi connectivity index (χ1) is 16.3. The van der Waals surface area contributed by atoms with Crippen molar-refractivity contribution < 1.29 is 18.3 Å². The number of carbonyl (C=O) groups is 1. The number of carbonyl (C=O) groups excluding carboxylic acids is 1. The van der Waals surface area contributed by atoms with Crippen LogP contribution in [0.2, 0.25) is 5.02 Å². The molecule has 1 aromatic heterocycles. The summed E-state index contributed by atoms with van der Waals surface area (Å²) in [7, 11) is 0. The fourth-order valence-electron chi connectivity index (χ4n) is 5.16. The molecular formula is C28H31ClFNO3. The van der Waals surface area contributed by atoms with Gasteiger partial charge in [0.05, 0.1) is 11.9 Å². The van der Waals surface area contributed by atoms with Crippen LogP contribution in [0.1, 0.15) is 62.3 Å². The summed E-state index contributed by atoms with van der Waals surface area (Å²) in [5.74, 6) is 0.458. The maximum Gasteiger partial charge on any atom is 0.220 e. The molecule has 34 heavy (non-hydrogen) atoms. The lowest BCUT2D eigenvalue weighted by Crippen LogP contribution is -2.46. The Kier molecular flexibility index (Phi) is 7.44. The fraction of sp³-hybridized carbons (Fsp3) is 0.393. The van der Waals surface area contributed by atoms with E-state index in [0.29, 0.717) is 31.0 Å². The molecule has 2 aromatic carbocycles. The number of ether oxygens (including phenoxy) is 1. The molecule has 2 heterocycles. The number of nitrogens with one attached hydrogen (secondary N) is 1. The molecule has 1 aliphatic heterocycles. The summed E-state index contributed by atoms with van der Waals surface area (Å²) < 4.78 is 25.0. The highest BCUT2D eigenvalue weighted by molar-refractivity contribution is 6.30. The van der Waals surface area contributed by atoms with E-state index in [1.165, 1.54) is 12.1 Å². The number of hydrogen-bond acceptors (Lipinski definition) is 3. The average Bonchev–Trinajstić information content (AvgIpc) is 3.32. The second kappa shape index (κ2) is 10.3. The summed E-state index contributed by atoms with van der Waals surface area (Å²) in [6.45, 7) is 5.24. The highest BCUT2D eigenvalue weighted by atomic mass is 35.5. The Balaban J connectivity index is 1.45. The number of hydrogen-bond donors (Lipinski definition) is 1. The van der Waals surface area contributed by atoms with Crippen LogP contribution in [0.15, 0.2) is 71.3 Å². The van der Waals surface area contributed by atoms with E-state index in [1.807, 2.05) is 36.4 Å². The number of amides is 1. The van der Waals surface area contributed by atoms with Crippen LogP contribution in [-0.4, -0.2) is 24.7 Å². The van der Waals surface area contributed by atoms with E-state index in [0.717, 1.165) is 29.7 Å². The van der Waals surface area contributed by atoms with Gasteiger partial charge < -0.3 is 14.5 Å². The van der Waals surface area contributed by atoms with Crippen LogP contribution in [-0.2, 0) is 14.9 Å². The van der Waals surface area contributed by atoms with Crippen LogP contribution in [0.4, 0.5) is 4.39 Å². The summed E-state index contributed by atoms with van der Waals surface area (Å²) >= 11 is 6.12. The van der Waals surface area contributed by atoms with Crippen molar-refractivity contribution in [3.8, 4) is 0 Å². The Morgan fingerprint density at radius 1 is 1.12 bits per heavy atom. The van der Waals surface area contributed by atoms with E-state index in [1.54, 1.807) is 18.4 Å². The van der Waals surface area contributed by atoms with Crippen molar-refractivity contribution in [1.82, 2.24) is 5.32 Å². The molecule has 1 aliphatic rings. The van der Waals surface area contributed by atoms with E-state index in [-0.39, 0.29) is 28.7 Å². The molecule has 0 radical (unpaired) electrons. The third-order valence-corrected chi connectivity index (χ3v) is 6.96. The Morgan fingerprint density at radius 3 is 2.50 bits per heavy atom. The Morgan fingerprint density at radius 2 is 1.85 bits per heavy atom. The van der Waals surface area contributed by atoms with E-state index < -0.39 is 0 Å². The molecule has 0 bridgehead atoms. The third-order valence-electron chi connectivity index (χ3n) is 6.71. The molecule has 1 fully saturated rings. The monoisotopic (exact) mass is 483 g/mol. The Bertz CT molecular complexity index is 1080. The highest BCUT2D eigenvalue weighted by Gasteiger charge is 2.43. The zero-order valence-electron chi connectivity index (χ0n) is 19.7. The SMILES string of the molecule is CC1(C)C[C@@](CC(=O)NCC[C@@H](c2ccc(F)cc2)c2ccco2)(c2ccc(Cl)cc2)CCO1. The molecule has 180 valence electrons. The summed E-state index contributed by atoms with van der Waals surface area (Å²) in [6, 6.07) is 18.0. The molecule has 1 N–H and O–H groups in total. The van der Waals surface area contributed by atoms with E-state index in [9.17, 15) is 9.18 Å². The molecule has 1 amide bonds. The molecule has 0 spiro atoms. The minimum absolute atomic E-state index is 0.00458. The Hall–Kier alpha value is -2.63. The maximum absolute atomic E-state index is 13.4. The van der Waals surface area contributed by atoms with Gasteiger partial charge in [-0.05, 0) is 80.6 Å². The normalized spacial score (nSPS) is 20.6. The van der Waals surface area contributed by atoms with Gasteiger partial charge in [0.1, 0.15) is 11.6 Å². The van der Waals surface area contributed by atoms with Gasteiger partial charge in [0.2, 0.25) is 5.91 Å². The molecule has 4 rings (SSSR count). The standard InChI is InChI=1S/C28H31ClFNO3/c1-27(2)19-28(14-17-34-27,21-7-9-22(29)10-8-21)18-26(32)31-15-13-24(25-4-3-16-33-25)20-5-11-23(30)12-6-20/h3-12,16,24H,13-15,17-19H2,1-2H3,(H,31,32)/t24-,28+/m0/s1. The van der Waals surface area contributed by atoms with Gasteiger partial charge in [0.15, 0.2) is 0 Å². The van der Waals surface area contributed by atoms with Gasteiger partial charge in [0.25, 0.3) is 0 Å². The van der Waals surface area contributed by atoms with Crippen LogP contribution in [0, 0.1) is 5.82 Å². The number of rotatable bonds is 8. The van der Waals surface area contributed by atoms with Crippen LogP contribution < -0.4 is 5.32 Å². The van der Waals surface area contributed by atoms with Crippen molar-refractivity contribution in [3.05, 3.63) is 94.7 Å². The minimum Gasteiger partial charge on any atom is -0.469 e. The molecule has 2 atom stereocenters. The average molecular weight is 484 g/mol. The zero-order chi connectivity index (χ0) is 24.2. The van der Waals surface area contributed by atoms with Gasteiger partial charge in [-0.15, -0.1) is 0 Å². The molecular weight excluding hydrogens is 453 g/mol. The molecule has 3 aromatic rings. The fourth-order valence-corrected chi connectivity index (χ4v) is 5.29. The van der Waals surface area contributed by atoms with Gasteiger partial charge in [-0.1, -0.05) is 35.9 Å². The van der Waals surface area contributed by atoms with Crippen molar-refractivity contribution in [2.24, 2.45) is 0 Å². The second-order valence-corrected chi connectivity index (χ2v) is 10.2. The molecule has 6 heteroatoms. The predicted octanol–water partition coefficient (Wildman–Crippen LogP) is 6.63. The van der Waals surface area contributed by atoms with Crippen LogP contribution in [0.3, 0.4) is 0 Å². The number of furan rings is 1. The van der Waals surface area contributed by atoms with Crippen LogP contribution in [0.25, 0.3) is 0 Å². The smallest absolute Gasteiger partial charge is 0.220 e.